The van der Waals surface area contributed by atoms with Crippen LogP contribution in [0.1, 0.15) is 16.9 Å². The second-order valence-corrected chi connectivity index (χ2v) is 6.09. The number of anilines is 2. The molecule has 0 bridgehead atoms. The Morgan fingerprint density at radius 1 is 1.00 bits per heavy atom. The maximum absolute atomic E-state index is 5.82. The van der Waals surface area contributed by atoms with Crippen LogP contribution in [0.3, 0.4) is 0 Å². The molecule has 0 spiro atoms. The van der Waals surface area contributed by atoms with Gasteiger partial charge in [-0.3, -0.25) is 4.40 Å². The van der Waals surface area contributed by atoms with Gasteiger partial charge in [0.05, 0.1) is 0 Å². The number of hydrogen-bond acceptors (Lipinski definition) is 3. The molecule has 0 amide bonds. The van der Waals surface area contributed by atoms with Gasteiger partial charge < -0.3 is 9.73 Å². The van der Waals surface area contributed by atoms with Crippen LogP contribution in [-0.2, 0) is 0 Å². The highest BCUT2D eigenvalue weighted by Crippen LogP contribution is 2.33. The molecule has 4 rings (SSSR count). The first-order chi connectivity index (χ1) is 11.6. The predicted octanol–water partition coefficient (Wildman–Crippen LogP) is 5.26. The number of aryl methyl sites for hydroxylation is 3. The van der Waals surface area contributed by atoms with Crippen molar-refractivity contribution in [3.63, 3.8) is 0 Å². The molecule has 0 unspecified atom stereocenters. The topological polar surface area (TPSA) is 42.5 Å². The van der Waals surface area contributed by atoms with E-state index in [1.54, 1.807) is 0 Å². The Morgan fingerprint density at radius 3 is 2.58 bits per heavy atom. The molecule has 0 aliphatic rings. The number of nitrogens with one attached hydrogen (secondary N) is 1. The number of nitrogens with zero attached hydrogens (tertiary/aromatic N) is 2. The van der Waals surface area contributed by atoms with Gasteiger partial charge in [-0.25, -0.2) is 4.98 Å². The van der Waals surface area contributed by atoms with Gasteiger partial charge in [-0.05, 0) is 62.2 Å². The minimum Gasteiger partial charge on any atom is -0.460 e. The van der Waals surface area contributed by atoms with Crippen LogP contribution in [0.2, 0.25) is 0 Å². The molecule has 3 aromatic heterocycles. The Morgan fingerprint density at radius 2 is 1.83 bits per heavy atom. The van der Waals surface area contributed by atoms with Crippen molar-refractivity contribution in [1.29, 1.82) is 0 Å². The summed E-state index contributed by atoms with van der Waals surface area (Å²) in [5.74, 6) is 2.55. The molecule has 0 aliphatic carbocycles. The van der Waals surface area contributed by atoms with E-state index >= 15 is 0 Å². The van der Waals surface area contributed by atoms with Crippen molar-refractivity contribution >= 4 is 17.2 Å². The Bertz CT molecular complexity index is 1030. The fourth-order valence-electron chi connectivity index (χ4n) is 2.84. The molecule has 0 radical (unpaired) electrons. The van der Waals surface area contributed by atoms with Gasteiger partial charge in [0.1, 0.15) is 22.9 Å². The number of rotatable bonds is 3. The Kier molecular flexibility index (Phi) is 3.38. The monoisotopic (exact) mass is 317 g/mol. The van der Waals surface area contributed by atoms with Crippen molar-refractivity contribution in [2.24, 2.45) is 0 Å². The van der Waals surface area contributed by atoms with Crippen LogP contribution >= 0.6 is 0 Å². The summed E-state index contributed by atoms with van der Waals surface area (Å²) < 4.78 is 7.88. The van der Waals surface area contributed by atoms with E-state index in [0.717, 1.165) is 34.4 Å². The molecule has 4 aromatic rings. The molecule has 0 saturated heterocycles. The van der Waals surface area contributed by atoms with Crippen molar-refractivity contribution in [2.75, 3.05) is 5.32 Å². The third-order valence-electron chi connectivity index (χ3n) is 4.15. The zero-order valence-corrected chi connectivity index (χ0v) is 14.0. The van der Waals surface area contributed by atoms with Gasteiger partial charge in [-0.1, -0.05) is 18.2 Å². The van der Waals surface area contributed by atoms with Crippen LogP contribution < -0.4 is 5.32 Å². The zero-order valence-electron chi connectivity index (χ0n) is 14.0. The number of aromatic nitrogens is 2. The van der Waals surface area contributed by atoms with Crippen molar-refractivity contribution in [2.45, 2.75) is 20.8 Å². The van der Waals surface area contributed by atoms with Gasteiger partial charge in [-0.15, -0.1) is 0 Å². The summed E-state index contributed by atoms with van der Waals surface area (Å²) in [6, 6.07) is 16.3. The summed E-state index contributed by atoms with van der Waals surface area (Å²) in [4.78, 5) is 4.79. The van der Waals surface area contributed by atoms with Crippen molar-refractivity contribution < 1.29 is 4.42 Å². The lowest BCUT2D eigenvalue weighted by atomic mass is 10.2. The number of fused-ring (bicyclic) bond motifs is 1. The average Bonchev–Trinajstić information content (AvgIpc) is 3.13. The van der Waals surface area contributed by atoms with Crippen molar-refractivity contribution in [3.8, 4) is 11.5 Å². The van der Waals surface area contributed by atoms with Crippen LogP contribution in [-0.4, -0.2) is 9.38 Å². The molecular formula is C20H19N3O. The highest BCUT2D eigenvalue weighted by molar-refractivity contribution is 5.78. The Balaban J connectivity index is 1.92. The van der Waals surface area contributed by atoms with E-state index in [2.05, 4.69) is 47.8 Å². The lowest BCUT2D eigenvalue weighted by molar-refractivity contribution is 0.547. The number of imidazole rings is 1. The van der Waals surface area contributed by atoms with Gasteiger partial charge in [0.25, 0.3) is 0 Å². The van der Waals surface area contributed by atoms with Gasteiger partial charge in [-0.2, -0.15) is 0 Å². The van der Waals surface area contributed by atoms with E-state index < -0.39 is 0 Å². The first-order valence-corrected chi connectivity index (χ1v) is 8.00. The molecule has 4 heteroatoms. The first-order valence-electron chi connectivity index (χ1n) is 8.00. The SMILES string of the molecule is Cc1ccn2c(Nc3ccccc3C)c(-c3ccc(C)o3)nc2c1. The third kappa shape index (κ3) is 2.46. The quantitative estimate of drug-likeness (QED) is 0.560. The standard InChI is InChI=1S/C20H19N3O/c1-13-10-11-23-18(12-13)22-19(17-9-8-15(3)24-17)20(23)21-16-7-5-4-6-14(16)2/h4-12,21H,1-3H3. The predicted molar refractivity (Wildman–Crippen MR) is 96.8 cm³/mol. The summed E-state index contributed by atoms with van der Waals surface area (Å²) in [5, 5.41) is 3.53. The van der Waals surface area contributed by atoms with E-state index in [1.165, 1.54) is 11.1 Å². The minimum absolute atomic E-state index is 0.768. The van der Waals surface area contributed by atoms with E-state index in [9.17, 15) is 0 Å². The Hall–Kier alpha value is -3.01. The third-order valence-corrected chi connectivity index (χ3v) is 4.15. The van der Waals surface area contributed by atoms with Crippen LogP contribution in [0.25, 0.3) is 17.1 Å². The highest BCUT2D eigenvalue weighted by Gasteiger charge is 2.17. The molecule has 120 valence electrons. The number of pyridine rings is 1. The number of benzene rings is 1. The van der Waals surface area contributed by atoms with Gasteiger partial charge in [0, 0.05) is 11.9 Å². The zero-order chi connectivity index (χ0) is 16.7. The van der Waals surface area contributed by atoms with Gasteiger partial charge in [0.2, 0.25) is 0 Å². The summed E-state index contributed by atoms with van der Waals surface area (Å²) in [6.07, 6.45) is 2.04. The second kappa shape index (κ2) is 5.57. The van der Waals surface area contributed by atoms with E-state index in [4.69, 9.17) is 9.40 Å². The van der Waals surface area contributed by atoms with E-state index in [-0.39, 0.29) is 0 Å². The fourth-order valence-corrected chi connectivity index (χ4v) is 2.84. The smallest absolute Gasteiger partial charge is 0.156 e. The van der Waals surface area contributed by atoms with E-state index in [1.807, 2.05) is 37.4 Å². The average molecular weight is 317 g/mol. The molecule has 1 N–H and O–H groups in total. The number of hydrogen-bond donors (Lipinski definition) is 1. The van der Waals surface area contributed by atoms with Crippen LogP contribution in [0.5, 0.6) is 0 Å². The lowest BCUT2D eigenvalue weighted by Gasteiger charge is -2.10. The number of para-hydroxylation sites is 1. The van der Waals surface area contributed by atoms with Crippen LogP contribution in [0.4, 0.5) is 11.5 Å². The van der Waals surface area contributed by atoms with Crippen LogP contribution in [0.15, 0.2) is 59.1 Å². The molecule has 0 atom stereocenters. The molecule has 1 aromatic carbocycles. The first kappa shape index (κ1) is 14.6. The fraction of sp³-hybridized carbons (Fsp3) is 0.150. The molecule has 4 nitrogen and oxygen atoms in total. The second-order valence-electron chi connectivity index (χ2n) is 6.09. The summed E-state index contributed by atoms with van der Waals surface area (Å²) in [6.45, 7) is 6.10. The highest BCUT2D eigenvalue weighted by atomic mass is 16.3. The van der Waals surface area contributed by atoms with Crippen molar-refractivity contribution in [3.05, 3.63) is 71.6 Å². The molecule has 0 saturated carbocycles. The summed E-state index contributed by atoms with van der Waals surface area (Å²) in [5.41, 5.74) is 5.13. The minimum atomic E-state index is 0.768. The van der Waals surface area contributed by atoms with Gasteiger partial charge >= 0.3 is 0 Å². The normalized spacial score (nSPS) is 11.1. The maximum Gasteiger partial charge on any atom is 0.156 e. The van der Waals surface area contributed by atoms with Crippen molar-refractivity contribution in [1.82, 2.24) is 9.38 Å². The molecule has 0 aliphatic heterocycles. The van der Waals surface area contributed by atoms with Gasteiger partial charge in [0.15, 0.2) is 5.76 Å². The lowest BCUT2D eigenvalue weighted by Crippen LogP contribution is -1.98. The molecule has 24 heavy (non-hydrogen) atoms. The number of furan rings is 1. The molecule has 3 heterocycles. The Labute approximate surface area is 140 Å². The largest absolute Gasteiger partial charge is 0.460 e. The molecular weight excluding hydrogens is 298 g/mol. The summed E-state index contributed by atoms with van der Waals surface area (Å²) >= 11 is 0. The summed E-state index contributed by atoms with van der Waals surface area (Å²) in [7, 11) is 0. The van der Waals surface area contributed by atoms with E-state index in [0.29, 0.717) is 0 Å². The molecule has 0 fully saturated rings. The maximum atomic E-state index is 5.82. The van der Waals surface area contributed by atoms with Crippen LogP contribution in [0, 0.1) is 20.8 Å².